The first-order valence-electron chi connectivity index (χ1n) is 14.1. The molecular formula is C30H30F4N4O6. The van der Waals surface area contributed by atoms with Gasteiger partial charge in [0.25, 0.3) is 23.7 Å². The normalized spacial score (nSPS) is 22.5. The van der Waals surface area contributed by atoms with Gasteiger partial charge >= 0.3 is 0 Å². The Bertz CT molecular complexity index is 1430. The van der Waals surface area contributed by atoms with Crippen molar-refractivity contribution < 1.29 is 46.1 Å². The van der Waals surface area contributed by atoms with Crippen LogP contribution < -0.4 is 18.9 Å². The summed E-state index contributed by atoms with van der Waals surface area (Å²) in [4.78, 5) is 36.9. The summed E-state index contributed by atoms with van der Waals surface area (Å²) in [6, 6.07) is 4.48. The van der Waals surface area contributed by atoms with Crippen LogP contribution in [0.5, 0.6) is 23.0 Å². The molecule has 4 heterocycles. The average molecular weight is 619 g/mol. The Morgan fingerprint density at radius 3 is 1.50 bits per heavy atom. The number of rotatable bonds is 9. The van der Waals surface area contributed by atoms with Gasteiger partial charge < -0.3 is 28.7 Å². The van der Waals surface area contributed by atoms with E-state index in [1.54, 1.807) is 12.1 Å². The molecule has 2 aromatic rings. The van der Waals surface area contributed by atoms with Gasteiger partial charge in [-0.25, -0.2) is 17.6 Å². The van der Waals surface area contributed by atoms with Gasteiger partial charge in [-0.05, 0) is 25.0 Å². The summed E-state index contributed by atoms with van der Waals surface area (Å²) in [5.41, 5.74) is 0.964. The van der Waals surface area contributed by atoms with E-state index in [1.165, 1.54) is 38.8 Å². The highest BCUT2D eigenvalue weighted by Crippen LogP contribution is 2.42. The van der Waals surface area contributed by atoms with Crippen molar-refractivity contribution >= 4 is 35.6 Å². The molecule has 2 amide bonds. The third-order valence-electron chi connectivity index (χ3n) is 7.99. The topological polar surface area (TPSA) is 102 Å². The lowest BCUT2D eigenvalue weighted by Crippen LogP contribution is -2.36. The molecule has 2 atom stereocenters. The van der Waals surface area contributed by atoms with Crippen LogP contribution in [0, 0.1) is 0 Å². The molecule has 4 aliphatic heterocycles. The maximum atomic E-state index is 13.9. The van der Waals surface area contributed by atoms with Crippen molar-refractivity contribution in [2.45, 2.75) is 49.6 Å². The van der Waals surface area contributed by atoms with E-state index in [0.29, 0.717) is 35.7 Å². The molecule has 6 rings (SSSR count). The zero-order chi connectivity index (χ0) is 31.2. The zero-order valence-corrected chi connectivity index (χ0v) is 24.0. The molecule has 10 nitrogen and oxygen atoms in total. The van der Waals surface area contributed by atoms with Crippen molar-refractivity contribution in [3.05, 3.63) is 35.4 Å². The number of fused-ring (bicyclic) bond motifs is 4. The Kier molecular flexibility index (Phi) is 7.62. The van der Waals surface area contributed by atoms with Gasteiger partial charge in [0.2, 0.25) is 0 Å². The van der Waals surface area contributed by atoms with Gasteiger partial charge in [0.05, 0.1) is 75.1 Å². The van der Waals surface area contributed by atoms with E-state index in [9.17, 15) is 27.2 Å². The predicted octanol–water partition coefficient (Wildman–Crippen LogP) is 5.07. The number of amides is 2. The number of alkyl halides is 4. The molecule has 2 saturated heterocycles. The van der Waals surface area contributed by atoms with Gasteiger partial charge in [-0.1, -0.05) is 0 Å². The Morgan fingerprint density at radius 2 is 1.11 bits per heavy atom. The molecule has 0 radical (unpaired) electrons. The summed E-state index contributed by atoms with van der Waals surface area (Å²) in [5.74, 6) is -5.71. The summed E-state index contributed by atoms with van der Waals surface area (Å²) in [6.45, 7) is -0.764. The Morgan fingerprint density at radius 1 is 0.705 bits per heavy atom. The lowest BCUT2D eigenvalue weighted by Gasteiger charge is -2.20. The lowest BCUT2D eigenvalue weighted by molar-refractivity contribution is 0.0116. The molecule has 0 aromatic heterocycles. The van der Waals surface area contributed by atoms with Crippen molar-refractivity contribution in [2.24, 2.45) is 9.98 Å². The van der Waals surface area contributed by atoms with Crippen LogP contribution in [0.4, 0.5) is 28.9 Å². The van der Waals surface area contributed by atoms with Crippen LogP contribution in [0.3, 0.4) is 0 Å². The average Bonchev–Trinajstić information content (AvgIpc) is 3.41. The van der Waals surface area contributed by atoms with Crippen molar-refractivity contribution in [1.29, 1.82) is 0 Å². The number of nitrogens with zero attached hydrogens (tertiary/aromatic N) is 4. The number of ether oxygens (including phenoxy) is 4. The Balaban J connectivity index is 1.06. The number of carbonyl (C=O) groups is 2. The minimum absolute atomic E-state index is 0.165. The molecule has 2 fully saturated rings. The monoisotopic (exact) mass is 618 g/mol. The largest absolute Gasteiger partial charge is 0.493 e. The van der Waals surface area contributed by atoms with Crippen molar-refractivity contribution in [3.8, 4) is 23.0 Å². The van der Waals surface area contributed by atoms with Crippen LogP contribution in [-0.4, -0.2) is 98.5 Å². The van der Waals surface area contributed by atoms with Gasteiger partial charge in [-0.3, -0.25) is 19.6 Å². The SMILES string of the molecule is COc1cc2c(cc1OCCCCOc1cc3c(cc1OC)C(=O)N1CC(F)(F)C[C@H]1C=N3)N=C[C@@H]1CC(F)(F)CN1C2=O. The van der Waals surface area contributed by atoms with Gasteiger partial charge in [-0.15, -0.1) is 0 Å². The number of aliphatic imine (C=N–C) groups is 2. The summed E-state index contributed by atoms with van der Waals surface area (Å²) in [5, 5.41) is 0. The third kappa shape index (κ3) is 5.64. The van der Waals surface area contributed by atoms with Crippen LogP contribution in [0.1, 0.15) is 46.4 Å². The van der Waals surface area contributed by atoms with Gasteiger partial charge in [0.15, 0.2) is 23.0 Å². The van der Waals surface area contributed by atoms with Crippen LogP contribution in [0.15, 0.2) is 34.3 Å². The fourth-order valence-corrected chi connectivity index (χ4v) is 5.82. The van der Waals surface area contributed by atoms with Crippen LogP contribution >= 0.6 is 0 Å². The second-order valence-electron chi connectivity index (χ2n) is 11.1. The van der Waals surface area contributed by atoms with Crippen molar-refractivity contribution in [3.63, 3.8) is 0 Å². The summed E-state index contributed by atoms with van der Waals surface area (Å²) < 4.78 is 78.2. The maximum absolute atomic E-state index is 13.9. The first kappa shape index (κ1) is 29.7. The van der Waals surface area contributed by atoms with E-state index in [1.807, 2.05) is 0 Å². The molecule has 0 unspecified atom stereocenters. The van der Waals surface area contributed by atoms with Crippen molar-refractivity contribution in [2.75, 3.05) is 40.5 Å². The van der Waals surface area contributed by atoms with E-state index in [4.69, 9.17) is 18.9 Å². The molecule has 0 saturated carbocycles. The molecule has 14 heteroatoms. The number of benzene rings is 2. The molecular weight excluding hydrogens is 588 g/mol. The van der Waals surface area contributed by atoms with Crippen LogP contribution in [0.2, 0.25) is 0 Å². The van der Waals surface area contributed by atoms with Gasteiger partial charge in [0.1, 0.15) is 0 Å². The second kappa shape index (κ2) is 11.3. The lowest BCUT2D eigenvalue weighted by atomic mass is 10.1. The van der Waals surface area contributed by atoms with E-state index in [-0.39, 0.29) is 35.8 Å². The number of methoxy groups -OCH3 is 2. The molecule has 0 bridgehead atoms. The molecule has 4 aliphatic rings. The molecule has 0 N–H and O–H groups in total. The molecule has 0 spiro atoms. The molecule has 0 aliphatic carbocycles. The van der Waals surface area contributed by atoms with Crippen molar-refractivity contribution in [1.82, 2.24) is 9.80 Å². The number of hydrogen-bond donors (Lipinski definition) is 0. The number of unbranched alkanes of at least 4 members (excludes halogenated alkanes) is 1. The highest BCUT2D eigenvalue weighted by molar-refractivity contribution is 6.04. The Hall–Kier alpha value is -4.36. The van der Waals surface area contributed by atoms with E-state index in [0.717, 1.165) is 9.80 Å². The molecule has 234 valence electrons. The second-order valence-corrected chi connectivity index (χ2v) is 11.1. The maximum Gasteiger partial charge on any atom is 0.267 e. The van der Waals surface area contributed by atoms with Crippen LogP contribution in [0.25, 0.3) is 0 Å². The summed E-state index contributed by atoms with van der Waals surface area (Å²) in [7, 11) is 2.84. The number of halogens is 4. The molecule has 2 aromatic carbocycles. The number of hydrogen-bond acceptors (Lipinski definition) is 8. The fourth-order valence-electron chi connectivity index (χ4n) is 5.82. The minimum Gasteiger partial charge on any atom is -0.493 e. The summed E-state index contributed by atoms with van der Waals surface area (Å²) in [6.07, 6.45) is 2.95. The quantitative estimate of drug-likeness (QED) is 0.287. The Labute approximate surface area is 250 Å². The van der Waals surface area contributed by atoms with E-state index < -0.39 is 61.7 Å². The molecule has 44 heavy (non-hydrogen) atoms. The van der Waals surface area contributed by atoms with Crippen LogP contribution in [-0.2, 0) is 0 Å². The first-order chi connectivity index (χ1) is 21.0. The first-order valence-corrected chi connectivity index (χ1v) is 14.1. The number of carbonyl (C=O) groups excluding carboxylic acids is 2. The third-order valence-corrected chi connectivity index (χ3v) is 7.99. The predicted molar refractivity (Wildman–Crippen MR) is 151 cm³/mol. The highest BCUT2D eigenvalue weighted by atomic mass is 19.3. The standard InChI is InChI=1S/C30H30F4N4O6/c1-41-23-7-19-21(35-13-17-11-29(31,32)15-37(17)27(19)39)9-25(23)43-5-3-4-6-44-26-10-22-20(8-24(26)42-2)28(40)38-16-30(33,34)12-18(38)14-36-22/h7-10,13-14,17-18H,3-6,11-12,15-16H2,1-2H3/t17-,18-/m0/s1. The summed E-state index contributed by atoms with van der Waals surface area (Å²) >= 11 is 0. The minimum atomic E-state index is -2.96. The smallest absolute Gasteiger partial charge is 0.267 e. The zero-order valence-electron chi connectivity index (χ0n) is 24.0. The van der Waals surface area contributed by atoms with Gasteiger partial charge in [-0.2, -0.15) is 0 Å². The van der Waals surface area contributed by atoms with E-state index >= 15 is 0 Å². The van der Waals surface area contributed by atoms with Gasteiger partial charge in [0, 0.05) is 37.4 Å². The van der Waals surface area contributed by atoms with E-state index in [2.05, 4.69) is 9.98 Å². The highest BCUT2D eigenvalue weighted by Gasteiger charge is 2.49. The fraction of sp³-hybridized carbons (Fsp3) is 0.467.